The summed E-state index contributed by atoms with van der Waals surface area (Å²) in [6, 6.07) is 1.15. The molecule has 78 valence electrons. The lowest BCUT2D eigenvalue weighted by molar-refractivity contribution is -0.154. The Bertz CT molecular complexity index is 331. The van der Waals surface area contributed by atoms with Crippen molar-refractivity contribution in [1.29, 1.82) is 0 Å². The van der Waals surface area contributed by atoms with Gasteiger partial charge in [0.1, 0.15) is 0 Å². The van der Waals surface area contributed by atoms with Crippen LogP contribution in [0, 0.1) is 0 Å². The first kappa shape index (κ1) is 10.8. The van der Waals surface area contributed by atoms with Gasteiger partial charge >= 0.3 is 6.18 Å². The van der Waals surface area contributed by atoms with Gasteiger partial charge in [0.05, 0.1) is 5.69 Å². The quantitative estimate of drug-likeness (QED) is 0.835. The van der Waals surface area contributed by atoms with Crippen LogP contribution in [0.3, 0.4) is 0 Å². The van der Waals surface area contributed by atoms with Gasteiger partial charge < -0.3 is 10.5 Å². The Morgan fingerprint density at radius 2 is 2.07 bits per heavy atom. The second-order valence-electron chi connectivity index (χ2n) is 2.33. The molecule has 0 aliphatic rings. The van der Waals surface area contributed by atoms with E-state index in [-0.39, 0.29) is 16.7 Å². The van der Waals surface area contributed by atoms with Crippen molar-refractivity contribution in [3.63, 3.8) is 0 Å². The molecule has 0 bridgehead atoms. The van der Waals surface area contributed by atoms with Gasteiger partial charge in [0.15, 0.2) is 11.8 Å². The largest absolute Gasteiger partial charge is 0.465 e. The van der Waals surface area contributed by atoms with Gasteiger partial charge in [-0.05, 0) is 0 Å². The number of rotatable bonds is 2. The van der Waals surface area contributed by atoms with Crippen molar-refractivity contribution in [2.75, 3.05) is 12.3 Å². The molecule has 0 amide bonds. The summed E-state index contributed by atoms with van der Waals surface area (Å²) < 4.78 is 39.4. The van der Waals surface area contributed by atoms with Crippen molar-refractivity contribution in [2.24, 2.45) is 0 Å². The van der Waals surface area contributed by atoms with E-state index in [2.05, 4.69) is 14.9 Å². The van der Waals surface area contributed by atoms with E-state index in [1.54, 1.807) is 0 Å². The van der Waals surface area contributed by atoms with Gasteiger partial charge in [0, 0.05) is 6.07 Å². The summed E-state index contributed by atoms with van der Waals surface area (Å²) in [4.78, 5) is 0. The minimum Gasteiger partial charge on any atom is -0.465 e. The Hall–Kier alpha value is -1.24. The molecule has 1 aromatic rings. The van der Waals surface area contributed by atoms with Crippen LogP contribution in [0.25, 0.3) is 0 Å². The van der Waals surface area contributed by atoms with Crippen molar-refractivity contribution in [1.82, 2.24) is 10.2 Å². The minimum absolute atomic E-state index is 0.0122. The van der Waals surface area contributed by atoms with Gasteiger partial charge in [-0.1, -0.05) is 11.6 Å². The molecule has 2 N–H and O–H groups in total. The van der Waals surface area contributed by atoms with Crippen LogP contribution in [0.4, 0.5) is 18.9 Å². The van der Waals surface area contributed by atoms with Crippen LogP contribution in [0.15, 0.2) is 6.07 Å². The Labute approximate surface area is 81.8 Å². The molecule has 0 atom stereocenters. The van der Waals surface area contributed by atoms with E-state index in [0.29, 0.717) is 0 Å². The summed E-state index contributed by atoms with van der Waals surface area (Å²) in [5, 5.41) is 6.52. The first-order valence-electron chi connectivity index (χ1n) is 3.37. The lowest BCUT2D eigenvalue weighted by Gasteiger charge is -2.08. The summed E-state index contributed by atoms with van der Waals surface area (Å²) >= 11 is 5.38. The second-order valence-corrected chi connectivity index (χ2v) is 2.72. The highest BCUT2D eigenvalue weighted by atomic mass is 35.5. The zero-order valence-corrected chi connectivity index (χ0v) is 7.43. The van der Waals surface area contributed by atoms with E-state index in [1.165, 1.54) is 0 Å². The van der Waals surface area contributed by atoms with Gasteiger partial charge in [0.2, 0.25) is 0 Å². The number of nitrogens with two attached hydrogens (primary N) is 1. The number of alkyl halides is 3. The van der Waals surface area contributed by atoms with Crippen LogP contribution in [-0.4, -0.2) is 23.0 Å². The topological polar surface area (TPSA) is 61.0 Å². The number of anilines is 1. The first-order valence-corrected chi connectivity index (χ1v) is 3.74. The average molecular weight is 228 g/mol. The summed E-state index contributed by atoms with van der Waals surface area (Å²) in [7, 11) is 0. The van der Waals surface area contributed by atoms with Crippen molar-refractivity contribution in [2.45, 2.75) is 6.18 Å². The number of ether oxygens (including phenoxy) is 1. The third-order valence-electron chi connectivity index (χ3n) is 1.13. The summed E-state index contributed by atoms with van der Waals surface area (Å²) in [5.74, 6) is -0.383. The number of nitrogen functional groups attached to an aromatic ring is 1. The predicted molar refractivity (Wildman–Crippen MR) is 43.0 cm³/mol. The van der Waals surface area contributed by atoms with Gasteiger partial charge in [-0.2, -0.15) is 13.2 Å². The molecule has 14 heavy (non-hydrogen) atoms. The molecule has 0 radical (unpaired) electrons. The monoisotopic (exact) mass is 227 g/mol. The van der Waals surface area contributed by atoms with Crippen molar-refractivity contribution >= 4 is 17.3 Å². The predicted octanol–water partition coefficient (Wildman–Crippen LogP) is 1.65. The Kier molecular flexibility index (Phi) is 3.00. The molecule has 0 fully saturated rings. The smallest absolute Gasteiger partial charge is 0.422 e. The normalized spacial score (nSPS) is 11.4. The SMILES string of the molecule is Nc1cc(Cl)nnc1OCC(F)(F)F. The molecule has 4 nitrogen and oxygen atoms in total. The molecule has 0 spiro atoms. The summed E-state index contributed by atoms with van der Waals surface area (Å²) in [6.45, 7) is -1.46. The van der Waals surface area contributed by atoms with Gasteiger partial charge in [-0.15, -0.1) is 10.2 Å². The molecule has 1 rings (SSSR count). The Morgan fingerprint density at radius 1 is 1.43 bits per heavy atom. The number of aromatic nitrogens is 2. The number of halogens is 4. The molecule has 0 aliphatic carbocycles. The van der Waals surface area contributed by atoms with Crippen LogP contribution in [0.1, 0.15) is 0 Å². The molecule has 0 aromatic carbocycles. The van der Waals surface area contributed by atoms with E-state index in [0.717, 1.165) is 6.07 Å². The standard InChI is InChI=1S/C6H5ClF3N3O/c7-4-1-3(11)5(13-12-4)14-2-6(8,9)10/h1H,2H2,(H2,11,12). The number of hydrogen-bond donors (Lipinski definition) is 1. The van der Waals surface area contributed by atoms with E-state index in [9.17, 15) is 13.2 Å². The third kappa shape index (κ3) is 3.25. The van der Waals surface area contributed by atoms with Gasteiger partial charge in [-0.3, -0.25) is 0 Å². The molecule has 0 saturated carbocycles. The van der Waals surface area contributed by atoms with Crippen molar-refractivity contribution in [3.05, 3.63) is 11.2 Å². The zero-order valence-electron chi connectivity index (χ0n) is 6.68. The molecule has 0 unspecified atom stereocenters. The maximum absolute atomic E-state index is 11.7. The average Bonchev–Trinajstić information content (AvgIpc) is 2.00. The molecule has 8 heteroatoms. The van der Waals surface area contributed by atoms with Gasteiger partial charge in [0.25, 0.3) is 5.88 Å². The Balaban J connectivity index is 2.68. The second kappa shape index (κ2) is 3.87. The van der Waals surface area contributed by atoms with E-state index >= 15 is 0 Å². The minimum atomic E-state index is -4.44. The van der Waals surface area contributed by atoms with E-state index in [4.69, 9.17) is 17.3 Å². The van der Waals surface area contributed by atoms with Crippen molar-refractivity contribution < 1.29 is 17.9 Å². The highest BCUT2D eigenvalue weighted by molar-refractivity contribution is 6.29. The van der Waals surface area contributed by atoms with Crippen LogP contribution in [0.5, 0.6) is 5.88 Å². The highest BCUT2D eigenvalue weighted by Crippen LogP contribution is 2.22. The molecule has 1 heterocycles. The third-order valence-corrected chi connectivity index (χ3v) is 1.32. The maximum Gasteiger partial charge on any atom is 0.422 e. The molecular weight excluding hydrogens is 223 g/mol. The summed E-state index contributed by atoms with van der Waals surface area (Å²) in [5.41, 5.74) is 5.18. The fourth-order valence-electron chi connectivity index (χ4n) is 0.632. The lowest BCUT2D eigenvalue weighted by atomic mass is 10.5. The Morgan fingerprint density at radius 3 is 2.57 bits per heavy atom. The fraction of sp³-hybridized carbons (Fsp3) is 0.333. The van der Waals surface area contributed by atoms with Crippen LogP contribution in [0.2, 0.25) is 5.15 Å². The lowest BCUT2D eigenvalue weighted by Crippen LogP contribution is -2.20. The number of hydrogen-bond acceptors (Lipinski definition) is 4. The summed E-state index contributed by atoms with van der Waals surface area (Å²) in [6.07, 6.45) is -4.44. The zero-order chi connectivity index (χ0) is 10.8. The van der Waals surface area contributed by atoms with Crippen molar-refractivity contribution in [3.8, 4) is 5.88 Å². The van der Waals surface area contributed by atoms with E-state index < -0.39 is 12.8 Å². The maximum atomic E-state index is 11.7. The van der Waals surface area contributed by atoms with Gasteiger partial charge in [-0.25, -0.2) is 0 Å². The molecular formula is C6H5ClF3N3O. The fourth-order valence-corrected chi connectivity index (χ4v) is 0.788. The number of nitrogens with zero attached hydrogens (tertiary/aromatic N) is 2. The van der Waals surface area contributed by atoms with Crippen LogP contribution in [-0.2, 0) is 0 Å². The molecule has 0 saturated heterocycles. The molecule has 1 aromatic heterocycles. The van der Waals surface area contributed by atoms with Crippen LogP contribution < -0.4 is 10.5 Å². The molecule has 0 aliphatic heterocycles. The van der Waals surface area contributed by atoms with E-state index in [1.807, 2.05) is 0 Å². The van der Waals surface area contributed by atoms with Crippen LogP contribution >= 0.6 is 11.6 Å². The highest BCUT2D eigenvalue weighted by Gasteiger charge is 2.29. The first-order chi connectivity index (χ1) is 6.38.